The predicted molar refractivity (Wildman–Crippen MR) is 96.0 cm³/mol. The van der Waals surface area contributed by atoms with E-state index in [0.29, 0.717) is 24.2 Å². The lowest BCUT2D eigenvalue weighted by Crippen LogP contribution is -2.46. The molecule has 0 spiro atoms. The van der Waals surface area contributed by atoms with Crippen molar-refractivity contribution in [3.63, 3.8) is 0 Å². The van der Waals surface area contributed by atoms with Crippen molar-refractivity contribution in [1.29, 1.82) is 5.26 Å². The van der Waals surface area contributed by atoms with Gasteiger partial charge >= 0.3 is 5.97 Å². The summed E-state index contributed by atoms with van der Waals surface area (Å²) in [5.74, 6) is -1.13. The molecule has 144 valence electrons. The normalized spacial score (nSPS) is 14.8. The number of carbonyl (C=O) groups excluding carboxylic acids is 2. The highest BCUT2D eigenvalue weighted by Crippen LogP contribution is 2.29. The number of ether oxygens (including phenoxy) is 1. The van der Waals surface area contributed by atoms with Crippen molar-refractivity contribution in [1.82, 2.24) is 5.32 Å². The molecule has 0 bridgehead atoms. The molecule has 2 aromatic rings. The number of nitro groups is 1. The number of carbonyl (C=O) groups is 2. The minimum Gasteiger partial charge on any atom is -0.450 e. The second-order valence-electron chi connectivity index (χ2n) is 6.49. The summed E-state index contributed by atoms with van der Waals surface area (Å²) in [6, 6.07) is 10.7. The third-order valence-electron chi connectivity index (χ3n) is 4.55. The van der Waals surface area contributed by atoms with E-state index in [2.05, 4.69) is 11.4 Å². The van der Waals surface area contributed by atoms with Gasteiger partial charge < -0.3 is 14.5 Å². The molecule has 9 nitrogen and oxygen atoms in total. The Bertz CT molecular complexity index is 935. The minimum atomic E-state index is -0.878. The van der Waals surface area contributed by atoms with Crippen LogP contribution in [0, 0.1) is 21.4 Å². The van der Waals surface area contributed by atoms with E-state index in [-0.39, 0.29) is 11.4 Å². The third-order valence-corrected chi connectivity index (χ3v) is 4.55. The molecule has 0 unspecified atom stereocenters. The number of benzene rings is 1. The van der Waals surface area contributed by atoms with Gasteiger partial charge in [-0.1, -0.05) is 0 Å². The van der Waals surface area contributed by atoms with Gasteiger partial charge in [0, 0.05) is 17.7 Å². The number of esters is 1. The average molecular weight is 383 g/mol. The summed E-state index contributed by atoms with van der Waals surface area (Å²) in [6.07, 6.45) is 2.90. The lowest BCUT2D eigenvalue weighted by Gasteiger charge is -2.21. The maximum atomic E-state index is 12.1. The van der Waals surface area contributed by atoms with Gasteiger partial charge in [-0.2, -0.15) is 5.26 Å². The van der Waals surface area contributed by atoms with Gasteiger partial charge in [0.1, 0.15) is 11.3 Å². The molecular formula is C19H17N3O6. The Morgan fingerprint density at radius 3 is 2.50 bits per heavy atom. The van der Waals surface area contributed by atoms with Crippen LogP contribution in [0.25, 0.3) is 11.3 Å². The van der Waals surface area contributed by atoms with Crippen LogP contribution in [0.15, 0.2) is 40.8 Å². The number of nitrogens with zero attached hydrogens (tertiary/aromatic N) is 2. The number of rotatable bonds is 6. The van der Waals surface area contributed by atoms with Gasteiger partial charge in [0.15, 0.2) is 6.61 Å². The highest BCUT2D eigenvalue weighted by molar-refractivity contribution is 5.89. The van der Waals surface area contributed by atoms with E-state index < -0.39 is 28.9 Å². The summed E-state index contributed by atoms with van der Waals surface area (Å²) >= 11 is 0. The van der Waals surface area contributed by atoms with E-state index in [1.54, 1.807) is 0 Å². The lowest BCUT2D eigenvalue weighted by atomic mass is 10.00. The number of non-ortho nitro benzene ring substituents is 1. The van der Waals surface area contributed by atoms with Gasteiger partial charge in [-0.05, 0) is 49.9 Å². The summed E-state index contributed by atoms with van der Waals surface area (Å²) < 4.78 is 10.4. The van der Waals surface area contributed by atoms with Crippen LogP contribution in [0.5, 0.6) is 0 Å². The Kier molecular flexibility index (Phi) is 5.40. The van der Waals surface area contributed by atoms with Crippen LogP contribution in [-0.4, -0.2) is 28.9 Å². The molecular weight excluding hydrogens is 366 g/mol. The first-order chi connectivity index (χ1) is 13.4. The van der Waals surface area contributed by atoms with E-state index in [1.807, 2.05) is 0 Å². The number of hydrogen-bond acceptors (Lipinski definition) is 7. The van der Waals surface area contributed by atoms with Crippen LogP contribution in [-0.2, 0) is 9.53 Å². The van der Waals surface area contributed by atoms with Gasteiger partial charge in [0.05, 0.1) is 11.0 Å². The van der Waals surface area contributed by atoms with Crippen LogP contribution in [0.3, 0.4) is 0 Å². The Balaban J connectivity index is 1.57. The van der Waals surface area contributed by atoms with Gasteiger partial charge in [0.2, 0.25) is 5.76 Å². The van der Waals surface area contributed by atoms with E-state index in [9.17, 15) is 25.0 Å². The smallest absolute Gasteiger partial charge is 0.374 e. The molecule has 1 amide bonds. The predicted octanol–water partition coefficient (Wildman–Crippen LogP) is 2.96. The topological polar surface area (TPSA) is 135 Å². The molecule has 1 saturated carbocycles. The van der Waals surface area contributed by atoms with Crippen LogP contribution in [0.4, 0.5) is 5.69 Å². The molecule has 0 saturated heterocycles. The van der Waals surface area contributed by atoms with Gasteiger partial charge in [-0.3, -0.25) is 14.9 Å². The number of amides is 1. The summed E-state index contributed by atoms with van der Waals surface area (Å²) in [5, 5.41) is 22.6. The molecule has 0 aliphatic heterocycles. The Morgan fingerprint density at radius 1 is 1.21 bits per heavy atom. The fourth-order valence-corrected chi connectivity index (χ4v) is 3.10. The van der Waals surface area contributed by atoms with Crippen molar-refractivity contribution < 1.29 is 23.7 Å². The molecule has 1 aromatic heterocycles. The SMILES string of the molecule is N#CC1(NC(=O)COC(=O)c2ccc(-c3ccc([N+](=O)[O-])cc3)o2)CCCC1. The fourth-order valence-electron chi connectivity index (χ4n) is 3.10. The monoisotopic (exact) mass is 383 g/mol. The first-order valence-corrected chi connectivity index (χ1v) is 8.66. The summed E-state index contributed by atoms with van der Waals surface area (Å²) in [7, 11) is 0. The highest BCUT2D eigenvalue weighted by atomic mass is 16.6. The van der Waals surface area contributed by atoms with Crippen LogP contribution >= 0.6 is 0 Å². The van der Waals surface area contributed by atoms with Crippen LogP contribution in [0.1, 0.15) is 36.2 Å². The van der Waals surface area contributed by atoms with Crippen molar-refractivity contribution >= 4 is 17.6 Å². The van der Waals surface area contributed by atoms with E-state index in [0.717, 1.165) is 12.8 Å². The van der Waals surface area contributed by atoms with Crippen molar-refractivity contribution in [2.24, 2.45) is 0 Å². The fraction of sp³-hybridized carbons (Fsp3) is 0.316. The third kappa shape index (κ3) is 4.17. The summed E-state index contributed by atoms with van der Waals surface area (Å²) in [6.45, 7) is -0.518. The lowest BCUT2D eigenvalue weighted by molar-refractivity contribution is -0.384. The Hall–Kier alpha value is -3.67. The standard InChI is InChI=1S/C19H17N3O6/c20-12-19(9-1-2-10-19)21-17(23)11-27-18(24)16-8-7-15(28-16)13-3-5-14(6-4-13)22(25)26/h3-8H,1-2,9-11H2,(H,21,23). The average Bonchev–Trinajstić information content (AvgIpc) is 3.36. The molecule has 0 radical (unpaired) electrons. The molecule has 1 N–H and O–H groups in total. The number of nitrogens with one attached hydrogen (secondary N) is 1. The largest absolute Gasteiger partial charge is 0.450 e. The van der Waals surface area contributed by atoms with Gasteiger partial charge in [-0.15, -0.1) is 0 Å². The zero-order chi connectivity index (χ0) is 20.1. The Labute approximate surface area is 160 Å². The quantitative estimate of drug-likeness (QED) is 0.460. The van der Waals surface area contributed by atoms with E-state index in [4.69, 9.17) is 9.15 Å². The molecule has 1 fully saturated rings. The first-order valence-electron chi connectivity index (χ1n) is 8.66. The maximum absolute atomic E-state index is 12.1. The second-order valence-corrected chi connectivity index (χ2v) is 6.49. The molecule has 28 heavy (non-hydrogen) atoms. The van der Waals surface area contributed by atoms with E-state index in [1.165, 1.54) is 36.4 Å². The highest BCUT2D eigenvalue weighted by Gasteiger charge is 2.35. The molecule has 0 atom stereocenters. The zero-order valence-electron chi connectivity index (χ0n) is 14.8. The number of furan rings is 1. The van der Waals surface area contributed by atoms with Crippen LogP contribution < -0.4 is 5.32 Å². The molecule has 1 aliphatic rings. The van der Waals surface area contributed by atoms with Crippen molar-refractivity contribution in [3.8, 4) is 17.4 Å². The number of hydrogen-bond donors (Lipinski definition) is 1. The summed E-state index contributed by atoms with van der Waals surface area (Å²) in [5.41, 5.74) is -0.380. The van der Waals surface area contributed by atoms with Gasteiger partial charge in [0.25, 0.3) is 11.6 Å². The number of nitriles is 1. The molecule has 3 rings (SSSR count). The van der Waals surface area contributed by atoms with Crippen molar-refractivity contribution in [2.45, 2.75) is 31.2 Å². The molecule has 1 aromatic carbocycles. The first kappa shape index (κ1) is 19.1. The van der Waals surface area contributed by atoms with Crippen molar-refractivity contribution in [2.75, 3.05) is 6.61 Å². The second kappa shape index (κ2) is 7.92. The van der Waals surface area contributed by atoms with Crippen LogP contribution in [0.2, 0.25) is 0 Å². The van der Waals surface area contributed by atoms with E-state index >= 15 is 0 Å². The maximum Gasteiger partial charge on any atom is 0.374 e. The zero-order valence-corrected chi connectivity index (χ0v) is 14.8. The summed E-state index contributed by atoms with van der Waals surface area (Å²) in [4.78, 5) is 34.2. The Morgan fingerprint density at radius 2 is 1.89 bits per heavy atom. The minimum absolute atomic E-state index is 0.0571. The molecule has 1 heterocycles. The number of nitro benzene ring substituents is 1. The molecule has 1 aliphatic carbocycles. The van der Waals surface area contributed by atoms with Crippen molar-refractivity contribution in [3.05, 3.63) is 52.3 Å². The molecule has 9 heteroatoms. The van der Waals surface area contributed by atoms with Gasteiger partial charge in [-0.25, -0.2) is 4.79 Å².